The molecule has 5 heteroatoms. The van der Waals surface area contributed by atoms with Crippen molar-refractivity contribution in [2.24, 2.45) is 0 Å². The van der Waals surface area contributed by atoms with E-state index in [1.807, 2.05) is 36.5 Å². The third-order valence-electron chi connectivity index (χ3n) is 4.06. The molecule has 2 heterocycles. The fourth-order valence-electron chi connectivity index (χ4n) is 2.88. The average molecular weight is 298 g/mol. The number of nitrogens with zero attached hydrogens (tertiary/aromatic N) is 3. The lowest BCUT2D eigenvalue weighted by Crippen LogP contribution is -2.37. The van der Waals surface area contributed by atoms with Crippen LogP contribution in [0.15, 0.2) is 42.7 Å². The Morgan fingerprint density at radius 3 is 2.73 bits per heavy atom. The molecule has 0 bridgehead atoms. The van der Waals surface area contributed by atoms with Crippen LogP contribution in [0.1, 0.15) is 29.6 Å². The summed E-state index contributed by atoms with van der Waals surface area (Å²) >= 11 is 0. The van der Waals surface area contributed by atoms with Crippen LogP contribution in [0.2, 0.25) is 0 Å². The number of aromatic nitrogens is 2. The summed E-state index contributed by atoms with van der Waals surface area (Å²) in [5.74, 6) is -0.0388. The van der Waals surface area contributed by atoms with Crippen molar-refractivity contribution in [1.82, 2.24) is 20.0 Å². The highest BCUT2D eigenvalue weighted by Crippen LogP contribution is 2.13. The summed E-state index contributed by atoms with van der Waals surface area (Å²) in [5.41, 5.74) is 1.47. The highest BCUT2D eigenvalue weighted by molar-refractivity contribution is 5.97. The maximum absolute atomic E-state index is 12.4. The Morgan fingerprint density at radius 1 is 1.14 bits per heavy atom. The third kappa shape index (κ3) is 3.54. The average Bonchev–Trinajstić information content (AvgIpc) is 3.10. The molecule has 0 saturated carbocycles. The summed E-state index contributed by atoms with van der Waals surface area (Å²) in [5, 5.41) is 7.24. The first-order chi connectivity index (χ1) is 10.8. The topological polar surface area (TPSA) is 50.2 Å². The van der Waals surface area contributed by atoms with Crippen LogP contribution in [-0.2, 0) is 0 Å². The number of amides is 1. The second-order valence-corrected chi connectivity index (χ2v) is 5.63. The summed E-state index contributed by atoms with van der Waals surface area (Å²) in [4.78, 5) is 14.9. The van der Waals surface area contributed by atoms with Gasteiger partial charge in [0.15, 0.2) is 0 Å². The zero-order chi connectivity index (χ0) is 15.2. The van der Waals surface area contributed by atoms with E-state index >= 15 is 0 Å². The van der Waals surface area contributed by atoms with E-state index in [4.69, 9.17) is 0 Å². The van der Waals surface area contributed by atoms with E-state index in [1.165, 1.54) is 19.3 Å². The van der Waals surface area contributed by atoms with Crippen LogP contribution >= 0.6 is 0 Å². The van der Waals surface area contributed by atoms with Crippen LogP contribution < -0.4 is 5.32 Å². The number of hydrogen-bond donors (Lipinski definition) is 1. The number of piperidine rings is 1. The first kappa shape index (κ1) is 14.8. The van der Waals surface area contributed by atoms with Crippen molar-refractivity contribution in [1.29, 1.82) is 0 Å². The minimum Gasteiger partial charge on any atom is -0.351 e. The number of nitrogens with one attached hydrogen (secondary N) is 1. The van der Waals surface area contributed by atoms with Crippen molar-refractivity contribution >= 4 is 5.91 Å². The first-order valence-electron chi connectivity index (χ1n) is 7.94. The Balaban J connectivity index is 1.60. The van der Waals surface area contributed by atoms with Gasteiger partial charge in [0.25, 0.3) is 5.91 Å². The second-order valence-electron chi connectivity index (χ2n) is 5.63. The highest BCUT2D eigenvalue weighted by atomic mass is 16.1. The van der Waals surface area contributed by atoms with Gasteiger partial charge in [-0.25, -0.2) is 4.68 Å². The second kappa shape index (κ2) is 7.22. The third-order valence-corrected chi connectivity index (χ3v) is 4.06. The summed E-state index contributed by atoms with van der Waals surface area (Å²) in [6.07, 6.45) is 7.44. The molecule has 116 valence electrons. The lowest BCUT2D eigenvalue weighted by atomic mass is 10.1. The van der Waals surface area contributed by atoms with Gasteiger partial charge in [0.2, 0.25) is 0 Å². The van der Waals surface area contributed by atoms with Crippen LogP contribution in [0, 0.1) is 0 Å². The van der Waals surface area contributed by atoms with Crippen LogP contribution in [0.4, 0.5) is 0 Å². The van der Waals surface area contributed by atoms with Gasteiger partial charge >= 0.3 is 0 Å². The lowest BCUT2D eigenvalue weighted by molar-refractivity contribution is 0.0946. The number of benzene rings is 1. The maximum atomic E-state index is 12.4. The van der Waals surface area contributed by atoms with Gasteiger partial charge in [-0.3, -0.25) is 4.79 Å². The van der Waals surface area contributed by atoms with Crippen molar-refractivity contribution in [2.45, 2.75) is 19.3 Å². The molecule has 1 fully saturated rings. The van der Waals surface area contributed by atoms with E-state index in [0.29, 0.717) is 12.1 Å². The summed E-state index contributed by atoms with van der Waals surface area (Å²) in [6.45, 7) is 3.92. The Morgan fingerprint density at radius 2 is 1.95 bits per heavy atom. The summed E-state index contributed by atoms with van der Waals surface area (Å²) in [7, 11) is 0. The normalized spacial score (nSPS) is 15.6. The van der Waals surface area contributed by atoms with Gasteiger partial charge in [0, 0.05) is 25.5 Å². The molecule has 1 aromatic carbocycles. The Hall–Kier alpha value is -2.14. The van der Waals surface area contributed by atoms with Crippen molar-refractivity contribution in [3.8, 4) is 5.69 Å². The molecular weight excluding hydrogens is 276 g/mol. The molecule has 1 aromatic heterocycles. The molecule has 1 amide bonds. The largest absolute Gasteiger partial charge is 0.351 e. The van der Waals surface area contributed by atoms with Gasteiger partial charge in [0.1, 0.15) is 0 Å². The van der Waals surface area contributed by atoms with E-state index in [1.54, 1.807) is 10.9 Å². The number of likely N-dealkylation sites (tertiary alicyclic amines) is 1. The van der Waals surface area contributed by atoms with Gasteiger partial charge in [0.05, 0.1) is 11.3 Å². The Labute approximate surface area is 130 Å². The smallest absolute Gasteiger partial charge is 0.253 e. The molecule has 0 aliphatic carbocycles. The van der Waals surface area contributed by atoms with Gasteiger partial charge in [-0.2, -0.15) is 5.10 Å². The monoisotopic (exact) mass is 298 g/mol. The molecule has 1 N–H and O–H groups in total. The summed E-state index contributed by atoms with van der Waals surface area (Å²) in [6, 6.07) is 9.40. The molecule has 1 aliphatic heterocycles. The van der Waals surface area contributed by atoms with E-state index in [2.05, 4.69) is 15.3 Å². The molecular formula is C17H22N4O. The van der Waals surface area contributed by atoms with E-state index in [9.17, 15) is 4.79 Å². The Bertz CT molecular complexity index is 603. The van der Waals surface area contributed by atoms with Crippen LogP contribution in [-0.4, -0.2) is 46.8 Å². The molecule has 0 spiro atoms. The van der Waals surface area contributed by atoms with E-state index in [0.717, 1.165) is 25.3 Å². The molecule has 2 aromatic rings. The fourth-order valence-corrected chi connectivity index (χ4v) is 2.88. The molecule has 1 aliphatic rings. The number of hydrogen-bond acceptors (Lipinski definition) is 3. The van der Waals surface area contributed by atoms with Crippen molar-refractivity contribution in [3.05, 3.63) is 48.3 Å². The minimum atomic E-state index is -0.0388. The molecule has 1 saturated heterocycles. The number of carbonyl (C=O) groups is 1. The Kier molecular flexibility index (Phi) is 4.85. The number of para-hydroxylation sites is 1. The molecule has 0 atom stereocenters. The molecule has 0 unspecified atom stereocenters. The lowest BCUT2D eigenvalue weighted by Gasteiger charge is -2.26. The van der Waals surface area contributed by atoms with Crippen molar-refractivity contribution < 1.29 is 4.79 Å². The molecule has 0 radical (unpaired) electrons. The van der Waals surface area contributed by atoms with Gasteiger partial charge in [-0.1, -0.05) is 18.6 Å². The van der Waals surface area contributed by atoms with E-state index < -0.39 is 0 Å². The molecule has 5 nitrogen and oxygen atoms in total. The molecule has 22 heavy (non-hydrogen) atoms. The number of carbonyl (C=O) groups excluding carboxylic acids is 1. The van der Waals surface area contributed by atoms with E-state index in [-0.39, 0.29) is 5.91 Å². The minimum absolute atomic E-state index is 0.0388. The highest BCUT2D eigenvalue weighted by Gasteiger charge is 2.13. The maximum Gasteiger partial charge on any atom is 0.253 e. The standard InChI is InChI=1S/C17H22N4O/c22-17(18-10-14-20-11-4-1-5-12-20)15-7-2-3-8-16(15)21-13-6-9-19-21/h2-3,6-9,13H,1,4-5,10-12,14H2,(H,18,22). The quantitative estimate of drug-likeness (QED) is 0.919. The zero-order valence-corrected chi connectivity index (χ0v) is 12.7. The van der Waals surface area contributed by atoms with Crippen molar-refractivity contribution in [2.75, 3.05) is 26.2 Å². The summed E-state index contributed by atoms with van der Waals surface area (Å²) < 4.78 is 1.72. The van der Waals surface area contributed by atoms with Crippen LogP contribution in [0.5, 0.6) is 0 Å². The number of rotatable bonds is 5. The SMILES string of the molecule is O=C(NCCN1CCCCC1)c1ccccc1-n1cccn1. The van der Waals surface area contributed by atoms with Crippen LogP contribution in [0.25, 0.3) is 5.69 Å². The fraction of sp³-hybridized carbons (Fsp3) is 0.412. The van der Waals surface area contributed by atoms with Gasteiger partial charge < -0.3 is 10.2 Å². The first-order valence-corrected chi connectivity index (χ1v) is 7.94. The predicted molar refractivity (Wildman–Crippen MR) is 86.2 cm³/mol. The van der Waals surface area contributed by atoms with Gasteiger partial charge in [-0.15, -0.1) is 0 Å². The predicted octanol–water partition coefficient (Wildman–Crippen LogP) is 2.09. The van der Waals surface area contributed by atoms with Crippen LogP contribution in [0.3, 0.4) is 0 Å². The van der Waals surface area contributed by atoms with Gasteiger partial charge in [-0.05, 0) is 44.1 Å². The zero-order valence-electron chi connectivity index (χ0n) is 12.7. The van der Waals surface area contributed by atoms with Crippen molar-refractivity contribution in [3.63, 3.8) is 0 Å². The molecule has 3 rings (SSSR count).